The van der Waals surface area contributed by atoms with Gasteiger partial charge < -0.3 is 10.4 Å². The van der Waals surface area contributed by atoms with E-state index in [1.807, 2.05) is 0 Å². The van der Waals surface area contributed by atoms with Gasteiger partial charge in [0.25, 0.3) is 11.6 Å². The van der Waals surface area contributed by atoms with Crippen LogP contribution in [0.25, 0.3) is 0 Å². The largest absolute Gasteiger partial charge is 0.508 e. The van der Waals surface area contributed by atoms with Crippen molar-refractivity contribution in [3.05, 3.63) is 33.9 Å². The van der Waals surface area contributed by atoms with E-state index in [0.717, 1.165) is 31.4 Å². The number of phenolic OH excluding ortho intramolecular Hbond substituents is 1. The van der Waals surface area contributed by atoms with Gasteiger partial charge in [-0.15, -0.1) is 0 Å². The molecule has 1 fully saturated rings. The van der Waals surface area contributed by atoms with Crippen molar-refractivity contribution < 1.29 is 14.8 Å². The molecule has 0 radical (unpaired) electrons. The van der Waals surface area contributed by atoms with Crippen LogP contribution in [0.2, 0.25) is 0 Å². The molecule has 2 N–H and O–H groups in total. The summed E-state index contributed by atoms with van der Waals surface area (Å²) < 4.78 is 0. The molecule has 0 aliphatic heterocycles. The van der Waals surface area contributed by atoms with Gasteiger partial charge in [-0.1, -0.05) is 26.7 Å². The van der Waals surface area contributed by atoms with Gasteiger partial charge in [-0.2, -0.15) is 0 Å². The van der Waals surface area contributed by atoms with Crippen LogP contribution in [0.5, 0.6) is 5.75 Å². The van der Waals surface area contributed by atoms with Crippen LogP contribution in [-0.2, 0) is 0 Å². The Hall–Kier alpha value is -2.11. The molecule has 1 saturated carbocycles. The summed E-state index contributed by atoms with van der Waals surface area (Å²) in [7, 11) is 0. The molecule has 0 aromatic heterocycles. The predicted octanol–water partition coefficient (Wildman–Crippen LogP) is 2.85. The van der Waals surface area contributed by atoms with Crippen molar-refractivity contribution in [2.45, 2.75) is 39.2 Å². The summed E-state index contributed by atoms with van der Waals surface area (Å²) in [5.74, 6) is 0.196. The molecule has 21 heavy (non-hydrogen) atoms. The summed E-state index contributed by atoms with van der Waals surface area (Å²) in [6, 6.07) is 3.52. The van der Waals surface area contributed by atoms with Gasteiger partial charge in [0, 0.05) is 12.1 Å². The van der Waals surface area contributed by atoms with E-state index in [1.54, 1.807) is 0 Å². The number of nitro groups is 1. The highest BCUT2D eigenvalue weighted by Gasteiger charge is 2.30. The van der Waals surface area contributed by atoms with Gasteiger partial charge in [0.2, 0.25) is 0 Å². The van der Waals surface area contributed by atoms with E-state index in [1.165, 1.54) is 6.07 Å². The number of carbonyl (C=O) groups is 1. The Balaban J connectivity index is 2.20. The molecule has 3 atom stereocenters. The minimum atomic E-state index is -0.610. The number of carbonyl (C=O) groups excluding carboxylic acids is 1. The molecule has 6 heteroatoms. The highest BCUT2D eigenvalue weighted by atomic mass is 16.6. The van der Waals surface area contributed by atoms with Gasteiger partial charge in [-0.3, -0.25) is 14.9 Å². The molecule has 2 rings (SSSR count). The number of phenols is 1. The van der Waals surface area contributed by atoms with E-state index in [-0.39, 0.29) is 23.0 Å². The molecule has 0 bridgehead atoms. The normalized spacial score (nSPS) is 25.3. The van der Waals surface area contributed by atoms with Crippen LogP contribution in [0, 0.1) is 22.0 Å². The minimum Gasteiger partial charge on any atom is -0.508 e. The van der Waals surface area contributed by atoms with Gasteiger partial charge in [0.05, 0.1) is 4.92 Å². The second kappa shape index (κ2) is 6.11. The van der Waals surface area contributed by atoms with Crippen molar-refractivity contribution in [2.24, 2.45) is 11.8 Å². The molecule has 1 aliphatic rings. The second-order valence-electron chi connectivity index (χ2n) is 5.81. The van der Waals surface area contributed by atoms with Crippen molar-refractivity contribution in [2.75, 3.05) is 0 Å². The zero-order chi connectivity index (χ0) is 15.6. The van der Waals surface area contributed by atoms with Gasteiger partial charge in [0.1, 0.15) is 11.3 Å². The van der Waals surface area contributed by atoms with Crippen LogP contribution in [0.15, 0.2) is 18.2 Å². The third-order valence-corrected chi connectivity index (χ3v) is 4.44. The van der Waals surface area contributed by atoms with Crippen molar-refractivity contribution in [3.63, 3.8) is 0 Å². The Morgan fingerprint density at radius 3 is 2.76 bits per heavy atom. The fourth-order valence-electron chi connectivity index (χ4n) is 2.90. The van der Waals surface area contributed by atoms with Crippen molar-refractivity contribution in [1.82, 2.24) is 5.32 Å². The van der Waals surface area contributed by atoms with Crippen LogP contribution in [0.1, 0.15) is 43.5 Å². The Labute approximate surface area is 123 Å². The quantitative estimate of drug-likeness (QED) is 0.661. The number of nitro benzene ring substituents is 1. The molecule has 0 heterocycles. The maximum absolute atomic E-state index is 12.3. The topological polar surface area (TPSA) is 92.5 Å². The number of rotatable bonds is 3. The number of hydrogen-bond acceptors (Lipinski definition) is 4. The number of hydrogen-bond donors (Lipinski definition) is 2. The molecule has 1 aromatic rings. The molecule has 1 amide bonds. The highest BCUT2D eigenvalue weighted by molar-refractivity contribution is 5.98. The first-order valence-corrected chi connectivity index (χ1v) is 7.18. The fraction of sp³-hybridized carbons (Fsp3) is 0.533. The second-order valence-corrected chi connectivity index (χ2v) is 5.81. The predicted molar refractivity (Wildman–Crippen MR) is 78.2 cm³/mol. The molecule has 1 aliphatic carbocycles. The number of aromatic hydroxyl groups is 1. The van der Waals surface area contributed by atoms with Crippen molar-refractivity contribution in [3.8, 4) is 5.75 Å². The van der Waals surface area contributed by atoms with Gasteiger partial charge in [-0.05, 0) is 30.4 Å². The fourth-order valence-corrected chi connectivity index (χ4v) is 2.90. The average Bonchev–Trinajstić information content (AvgIpc) is 2.43. The Morgan fingerprint density at radius 2 is 2.10 bits per heavy atom. The van der Waals surface area contributed by atoms with E-state index in [2.05, 4.69) is 19.2 Å². The summed E-state index contributed by atoms with van der Waals surface area (Å²) in [6.45, 7) is 4.24. The highest BCUT2D eigenvalue weighted by Crippen LogP contribution is 2.30. The van der Waals surface area contributed by atoms with Crippen LogP contribution in [0.4, 0.5) is 5.69 Å². The molecular weight excluding hydrogens is 272 g/mol. The lowest BCUT2D eigenvalue weighted by Gasteiger charge is -2.34. The summed E-state index contributed by atoms with van der Waals surface area (Å²) in [5, 5.41) is 23.3. The third-order valence-electron chi connectivity index (χ3n) is 4.44. The maximum atomic E-state index is 12.3. The lowest BCUT2D eigenvalue weighted by molar-refractivity contribution is -0.385. The first-order chi connectivity index (χ1) is 9.90. The first kappa shape index (κ1) is 15.3. The minimum absolute atomic E-state index is 0.0169. The van der Waals surface area contributed by atoms with Gasteiger partial charge in [-0.25, -0.2) is 0 Å². The summed E-state index contributed by atoms with van der Waals surface area (Å²) in [6.07, 6.45) is 3.06. The van der Waals surface area contributed by atoms with Crippen LogP contribution >= 0.6 is 0 Å². The molecule has 0 saturated heterocycles. The molecule has 6 nitrogen and oxygen atoms in total. The van der Waals surface area contributed by atoms with E-state index in [0.29, 0.717) is 11.8 Å². The smallest absolute Gasteiger partial charge is 0.282 e. The van der Waals surface area contributed by atoms with Crippen LogP contribution in [0.3, 0.4) is 0 Å². The van der Waals surface area contributed by atoms with E-state index < -0.39 is 10.8 Å². The summed E-state index contributed by atoms with van der Waals surface area (Å²) in [4.78, 5) is 22.7. The number of nitrogens with one attached hydrogen (secondary N) is 1. The Bertz CT molecular complexity index is 559. The first-order valence-electron chi connectivity index (χ1n) is 7.18. The van der Waals surface area contributed by atoms with Crippen molar-refractivity contribution >= 4 is 11.6 Å². The molecule has 0 spiro atoms. The lowest BCUT2D eigenvalue weighted by atomic mass is 9.78. The monoisotopic (exact) mass is 292 g/mol. The molecule has 1 aromatic carbocycles. The molecule has 3 unspecified atom stereocenters. The Kier molecular flexibility index (Phi) is 4.45. The maximum Gasteiger partial charge on any atom is 0.282 e. The average molecular weight is 292 g/mol. The summed E-state index contributed by atoms with van der Waals surface area (Å²) in [5.41, 5.74) is -0.382. The Morgan fingerprint density at radius 1 is 1.38 bits per heavy atom. The third kappa shape index (κ3) is 3.32. The molecule has 114 valence electrons. The zero-order valence-electron chi connectivity index (χ0n) is 12.2. The van der Waals surface area contributed by atoms with Crippen LogP contribution < -0.4 is 5.32 Å². The number of benzene rings is 1. The number of amides is 1. The SMILES string of the molecule is CC1CCCC(NC(=O)c2cc(O)ccc2[N+](=O)[O-])C1C. The summed E-state index contributed by atoms with van der Waals surface area (Å²) >= 11 is 0. The zero-order valence-corrected chi connectivity index (χ0v) is 12.2. The van der Waals surface area contributed by atoms with E-state index in [4.69, 9.17) is 0 Å². The lowest BCUT2D eigenvalue weighted by Crippen LogP contribution is -2.43. The van der Waals surface area contributed by atoms with Crippen LogP contribution in [-0.4, -0.2) is 22.0 Å². The van der Waals surface area contributed by atoms with Gasteiger partial charge in [0.15, 0.2) is 0 Å². The van der Waals surface area contributed by atoms with E-state index in [9.17, 15) is 20.0 Å². The van der Waals surface area contributed by atoms with Crippen molar-refractivity contribution in [1.29, 1.82) is 0 Å². The number of nitrogens with zero attached hydrogens (tertiary/aromatic N) is 1. The molecular formula is C15H20N2O4. The standard InChI is InChI=1S/C15H20N2O4/c1-9-4-3-5-13(10(9)2)16-15(19)12-8-11(18)6-7-14(12)17(20)21/h6-10,13,18H,3-5H2,1-2H3,(H,16,19). The van der Waals surface area contributed by atoms with Gasteiger partial charge >= 0.3 is 0 Å². The van der Waals surface area contributed by atoms with E-state index >= 15 is 0 Å².